The molecule has 35 heavy (non-hydrogen) atoms. The Kier molecular flexibility index (Phi) is 7.39. The Morgan fingerprint density at radius 2 is 1.94 bits per heavy atom. The molecular formula is C27H30N4O4. The SMILES string of the molecule is C=Cc1ccc(C(=O)NCCC(C)CC(=O)N2CCC3C2C(=O)CN3C(=O)c2ccccn2)cc1. The smallest absolute Gasteiger partial charge is 0.273 e. The van der Waals surface area contributed by atoms with Gasteiger partial charge in [-0.15, -0.1) is 0 Å². The lowest BCUT2D eigenvalue weighted by molar-refractivity contribution is -0.137. The van der Waals surface area contributed by atoms with Crippen LogP contribution >= 0.6 is 0 Å². The molecule has 8 nitrogen and oxygen atoms in total. The van der Waals surface area contributed by atoms with Crippen LogP contribution in [0.25, 0.3) is 6.08 Å². The molecule has 8 heteroatoms. The molecule has 0 spiro atoms. The maximum Gasteiger partial charge on any atom is 0.273 e. The Labute approximate surface area is 205 Å². The van der Waals surface area contributed by atoms with E-state index in [9.17, 15) is 19.2 Å². The first kappa shape index (κ1) is 24.3. The fraction of sp³-hybridized carbons (Fsp3) is 0.370. The highest BCUT2D eigenvalue weighted by molar-refractivity contribution is 6.01. The van der Waals surface area contributed by atoms with Crippen molar-refractivity contribution in [1.29, 1.82) is 0 Å². The van der Waals surface area contributed by atoms with Crippen molar-refractivity contribution in [2.24, 2.45) is 5.92 Å². The molecule has 2 aliphatic heterocycles. The highest BCUT2D eigenvalue weighted by Crippen LogP contribution is 2.31. The van der Waals surface area contributed by atoms with Crippen molar-refractivity contribution in [2.45, 2.75) is 38.3 Å². The molecule has 0 aliphatic carbocycles. The lowest BCUT2D eigenvalue weighted by Gasteiger charge is -2.25. The van der Waals surface area contributed by atoms with E-state index in [0.29, 0.717) is 37.2 Å². The average Bonchev–Trinajstić information content (AvgIpc) is 3.45. The second kappa shape index (κ2) is 10.6. The first-order chi connectivity index (χ1) is 16.9. The predicted octanol–water partition coefficient (Wildman–Crippen LogP) is 2.57. The van der Waals surface area contributed by atoms with Crippen LogP contribution in [0.3, 0.4) is 0 Å². The summed E-state index contributed by atoms with van der Waals surface area (Å²) in [5, 5.41) is 2.89. The number of fused-ring (bicyclic) bond motifs is 1. The number of amides is 3. The van der Waals surface area contributed by atoms with Crippen molar-refractivity contribution >= 4 is 29.6 Å². The van der Waals surface area contributed by atoms with Crippen LogP contribution in [0, 0.1) is 5.92 Å². The summed E-state index contributed by atoms with van der Waals surface area (Å²) in [5.74, 6) is -0.586. The van der Waals surface area contributed by atoms with Gasteiger partial charge in [0.15, 0.2) is 5.78 Å². The zero-order chi connectivity index (χ0) is 24.9. The van der Waals surface area contributed by atoms with Crippen molar-refractivity contribution in [1.82, 2.24) is 20.1 Å². The van der Waals surface area contributed by atoms with Crippen molar-refractivity contribution in [3.8, 4) is 0 Å². The van der Waals surface area contributed by atoms with E-state index in [1.165, 1.54) is 0 Å². The Morgan fingerprint density at radius 1 is 1.17 bits per heavy atom. The Bertz CT molecular complexity index is 1120. The second-order valence-corrected chi connectivity index (χ2v) is 9.18. The quantitative estimate of drug-likeness (QED) is 0.634. The van der Waals surface area contributed by atoms with E-state index in [0.717, 1.165) is 5.56 Å². The molecule has 1 aromatic carbocycles. The highest BCUT2D eigenvalue weighted by atomic mass is 16.2. The minimum absolute atomic E-state index is 0.00385. The standard InChI is InChI=1S/C27H30N4O4/c1-3-19-7-9-20(10-8-19)26(34)29-14-11-18(2)16-24(33)30-15-12-22-25(30)23(32)17-31(22)27(35)21-6-4-5-13-28-21/h3-10,13,18,22,25H,1,11-12,14-17H2,2H3,(H,29,34). The van der Waals surface area contributed by atoms with Crippen molar-refractivity contribution < 1.29 is 19.2 Å². The molecule has 1 aromatic heterocycles. The van der Waals surface area contributed by atoms with Crippen molar-refractivity contribution in [2.75, 3.05) is 19.6 Å². The number of ketones is 1. The first-order valence-electron chi connectivity index (χ1n) is 11.9. The highest BCUT2D eigenvalue weighted by Gasteiger charge is 2.51. The molecule has 3 atom stereocenters. The van der Waals surface area contributed by atoms with Gasteiger partial charge in [-0.3, -0.25) is 24.2 Å². The molecule has 0 bridgehead atoms. The normalized spacial score (nSPS) is 19.9. The number of nitrogens with one attached hydrogen (secondary N) is 1. The Balaban J connectivity index is 1.27. The van der Waals surface area contributed by atoms with Crippen molar-refractivity contribution in [3.63, 3.8) is 0 Å². The average molecular weight is 475 g/mol. The van der Waals surface area contributed by atoms with Crippen LogP contribution in [0.4, 0.5) is 0 Å². The molecule has 2 aromatic rings. The van der Waals surface area contributed by atoms with Crippen molar-refractivity contribution in [3.05, 3.63) is 72.1 Å². The van der Waals surface area contributed by atoms with E-state index in [1.54, 1.807) is 52.4 Å². The molecule has 2 aliphatic rings. The summed E-state index contributed by atoms with van der Waals surface area (Å²) >= 11 is 0. The maximum atomic E-state index is 13.0. The molecule has 2 saturated heterocycles. The maximum absolute atomic E-state index is 13.0. The van der Waals surface area contributed by atoms with Gasteiger partial charge in [-0.25, -0.2) is 0 Å². The van der Waals surface area contributed by atoms with Gasteiger partial charge in [-0.2, -0.15) is 0 Å². The number of nitrogens with zero attached hydrogens (tertiary/aromatic N) is 3. The second-order valence-electron chi connectivity index (χ2n) is 9.18. The topological polar surface area (TPSA) is 99.7 Å². The molecular weight excluding hydrogens is 444 g/mol. The Morgan fingerprint density at radius 3 is 2.63 bits per heavy atom. The van der Waals surface area contributed by atoms with Crippen LogP contribution in [0.2, 0.25) is 0 Å². The molecule has 3 unspecified atom stereocenters. The zero-order valence-corrected chi connectivity index (χ0v) is 19.9. The third-order valence-corrected chi connectivity index (χ3v) is 6.74. The molecule has 0 saturated carbocycles. The van der Waals surface area contributed by atoms with Crippen LogP contribution in [0.5, 0.6) is 0 Å². The summed E-state index contributed by atoms with van der Waals surface area (Å²) in [6.45, 7) is 6.57. The minimum atomic E-state index is -0.583. The van der Waals surface area contributed by atoms with E-state index < -0.39 is 6.04 Å². The van der Waals surface area contributed by atoms with Gasteiger partial charge in [0.25, 0.3) is 11.8 Å². The Hall–Kier alpha value is -3.81. The van der Waals surface area contributed by atoms with E-state index in [2.05, 4.69) is 16.9 Å². The van der Waals surface area contributed by atoms with Gasteiger partial charge in [-0.1, -0.05) is 37.8 Å². The van der Waals surface area contributed by atoms with E-state index in [-0.39, 0.29) is 48.4 Å². The summed E-state index contributed by atoms with van der Waals surface area (Å²) < 4.78 is 0. The summed E-state index contributed by atoms with van der Waals surface area (Å²) in [4.78, 5) is 58.3. The molecule has 3 heterocycles. The first-order valence-corrected chi connectivity index (χ1v) is 11.9. The lowest BCUT2D eigenvalue weighted by atomic mass is 10.0. The number of likely N-dealkylation sites (tertiary alicyclic amines) is 2. The minimum Gasteiger partial charge on any atom is -0.352 e. The summed E-state index contributed by atoms with van der Waals surface area (Å²) in [6.07, 6.45) is 4.78. The van der Waals surface area contributed by atoms with Crippen LogP contribution in [0.15, 0.2) is 55.2 Å². The summed E-state index contributed by atoms with van der Waals surface area (Å²) in [7, 11) is 0. The number of hydrogen-bond acceptors (Lipinski definition) is 5. The number of benzene rings is 1. The fourth-order valence-electron chi connectivity index (χ4n) is 4.83. The van der Waals surface area contributed by atoms with Gasteiger partial charge in [-0.05, 0) is 48.6 Å². The predicted molar refractivity (Wildman–Crippen MR) is 131 cm³/mol. The van der Waals surface area contributed by atoms with Gasteiger partial charge in [0.2, 0.25) is 5.91 Å². The largest absolute Gasteiger partial charge is 0.352 e. The third kappa shape index (κ3) is 5.31. The van der Waals surface area contributed by atoms with Crippen LogP contribution in [0.1, 0.15) is 52.6 Å². The summed E-state index contributed by atoms with van der Waals surface area (Å²) in [6, 6.07) is 11.4. The van der Waals surface area contributed by atoms with Gasteiger partial charge >= 0.3 is 0 Å². The monoisotopic (exact) mass is 474 g/mol. The lowest BCUT2D eigenvalue weighted by Crippen LogP contribution is -2.44. The molecule has 182 valence electrons. The number of pyridine rings is 1. The number of hydrogen-bond donors (Lipinski definition) is 1. The number of aromatic nitrogens is 1. The van der Waals surface area contributed by atoms with Crippen LogP contribution in [-0.2, 0) is 9.59 Å². The van der Waals surface area contributed by atoms with E-state index in [4.69, 9.17) is 0 Å². The fourth-order valence-corrected chi connectivity index (χ4v) is 4.83. The third-order valence-electron chi connectivity index (χ3n) is 6.74. The van der Waals surface area contributed by atoms with Gasteiger partial charge in [0.05, 0.1) is 12.6 Å². The van der Waals surface area contributed by atoms with Crippen LogP contribution < -0.4 is 5.32 Å². The van der Waals surface area contributed by atoms with Gasteiger partial charge in [0, 0.05) is 31.3 Å². The van der Waals surface area contributed by atoms with Gasteiger partial charge in [0.1, 0.15) is 11.7 Å². The molecule has 1 N–H and O–H groups in total. The van der Waals surface area contributed by atoms with E-state index in [1.807, 2.05) is 19.1 Å². The number of carbonyl (C=O) groups is 4. The molecule has 0 radical (unpaired) electrons. The number of carbonyl (C=O) groups excluding carboxylic acids is 4. The molecule has 3 amide bonds. The number of rotatable bonds is 8. The molecule has 2 fully saturated rings. The van der Waals surface area contributed by atoms with E-state index >= 15 is 0 Å². The zero-order valence-electron chi connectivity index (χ0n) is 19.9. The number of Topliss-reactive ketones (excluding diaryl/α,β-unsaturated/α-hetero) is 1. The molecule has 4 rings (SSSR count). The van der Waals surface area contributed by atoms with Gasteiger partial charge < -0.3 is 15.1 Å². The van der Waals surface area contributed by atoms with Crippen LogP contribution in [-0.4, -0.2) is 70.0 Å². The summed E-state index contributed by atoms with van der Waals surface area (Å²) in [5.41, 5.74) is 1.83.